The largest absolute Gasteiger partial charge is 0.325 e. The normalized spacial score (nSPS) is 12.2. The highest BCUT2D eigenvalue weighted by atomic mass is 16.2. The summed E-state index contributed by atoms with van der Waals surface area (Å²) in [6, 6.07) is 12.8. The van der Waals surface area contributed by atoms with Crippen molar-refractivity contribution >= 4 is 11.6 Å². The van der Waals surface area contributed by atoms with Gasteiger partial charge in [-0.15, -0.1) is 0 Å². The first-order chi connectivity index (χ1) is 9.58. The molecule has 0 aliphatic heterocycles. The van der Waals surface area contributed by atoms with E-state index in [0.29, 0.717) is 0 Å². The third-order valence-electron chi connectivity index (χ3n) is 3.13. The van der Waals surface area contributed by atoms with Crippen molar-refractivity contribution in [1.82, 2.24) is 4.98 Å². The Balaban J connectivity index is 2.08. The minimum atomic E-state index is -0.495. The van der Waals surface area contributed by atoms with Gasteiger partial charge in [0, 0.05) is 17.4 Å². The molecule has 4 nitrogen and oxygen atoms in total. The van der Waals surface area contributed by atoms with Gasteiger partial charge in [0.1, 0.15) is 0 Å². The Labute approximate surface area is 119 Å². The van der Waals surface area contributed by atoms with E-state index in [1.807, 2.05) is 56.3 Å². The summed E-state index contributed by atoms with van der Waals surface area (Å²) in [5.41, 5.74) is 8.47. The Morgan fingerprint density at radius 2 is 1.85 bits per heavy atom. The van der Waals surface area contributed by atoms with Gasteiger partial charge in [-0.25, -0.2) is 0 Å². The topological polar surface area (TPSA) is 68.0 Å². The number of benzene rings is 1. The quantitative estimate of drug-likeness (QED) is 0.896. The van der Waals surface area contributed by atoms with E-state index in [1.165, 1.54) is 0 Å². The second-order valence-electron chi connectivity index (χ2n) is 5.05. The van der Waals surface area contributed by atoms with E-state index in [2.05, 4.69) is 10.3 Å². The summed E-state index contributed by atoms with van der Waals surface area (Å²) in [5.74, 6) is -0.0478. The van der Waals surface area contributed by atoms with Crippen molar-refractivity contribution in [3.8, 4) is 11.3 Å². The fraction of sp³-hybridized carbons (Fsp3) is 0.250. The van der Waals surface area contributed by atoms with Gasteiger partial charge < -0.3 is 11.1 Å². The first-order valence-electron chi connectivity index (χ1n) is 6.66. The summed E-state index contributed by atoms with van der Waals surface area (Å²) in [6.45, 7) is 3.85. The number of aromatic nitrogens is 1. The van der Waals surface area contributed by atoms with Crippen molar-refractivity contribution in [3.63, 3.8) is 0 Å². The molecule has 1 aromatic carbocycles. The standard InChI is InChI=1S/C16H19N3O/c1-11(2)15(17)16(20)19-13-8-6-12(7-9-13)14-5-3-4-10-18-14/h3-11,15H,17H2,1-2H3,(H,19,20). The Morgan fingerprint density at radius 3 is 2.40 bits per heavy atom. The molecule has 4 heteroatoms. The summed E-state index contributed by atoms with van der Waals surface area (Å²) in [7, 11) is 0. The van der Waals surface area contributed by atoms with E-state index in [0.717, 1.165) is 16.9 Å². The molecule has 1 unspecified atom stereocenters. The van der Waals surface area contributed by atoms with E-state index in [4.69, 9.17) is 5.73 Å². The highest BCUT2D eigenvalue weighted by Gasteiger charge is 2.16. The summed E-state index contributed by atoms with van der Waals surface area (Å²) in [4.78, 5) is 16.1. The van der Waals surface area contributed by atoms with Crippen molar-refractivity contribution in [3.05, 3.63) is 48.7 Å². The van der Waals surface area contributed by atoms with Crippen molar-refractivity contribution in [1.29, 1.82) is 0 Å². The number of carbonyl (C=O) groups is 1. The van der Waals surface area contributed by atoms with Gasteiger partial charge in [-0.2, -0.15) is 0 Å². The molecule has 0 saturated heterocycles. The van der Waals surface area contributed by atoms with Gasteiger partial charge in [0.25, 0.3) is 0 Å². The van der Waals surface area contributed by atoms with Crippen LogP contribution in [-0.2, 0) is 4.79 Å². The smallest absolute Gasteiger partial charge is 0.241 e. The average Bonchev–Trinajstić information content (AvgIpc) is 2.48. The monoisotopic (exact) mass is 269 g/mol. The SMILES string of the molecule is CC(C)C(N)C(=O)Nc1ccc(-c2ccccn2)cc1. The van der Waals surface area contributed by atoms with Crippen molar-refractivity contribution in [2.45, 2.75) is 19.9 Å². The van der Waals surface area contributed by atoms with Crippen LogP contribution in [0.15, 0.2) is 48.7 Å². The lowest BCUT2D eigenvalue weighted by Gasteiger charge is -2.15. The molecule has 104 valence electrons. The van der Waals surface area contributed by atoms with Crippen LogP contribution >= 0.6 is 0 Å². The van der Waals surface area contributed by atoms with E-state index in [-0.39, 0.29) is 11.8 Å². The number of rotatable bonds is 4. The predicted octanol–water partition coefficient (Wildman–Crippen LogP) is 2.67. The molecule has 0 aliphatic carbocycles. The van der Waals surface area contributed by atoms with E-state index < -0.39 is 6.04 Å². The average molecular weight is 269 g/mol. The number of nitrogens with zero attached hydrogens (tertiary/aromatic N) is 1. The van der Waals surface area contributed by atoms with E-state index >= 15 is 0 Å². The van der Waals surface area contributed by atoms with Crippen LogP contribution in [0.25, 0.3) is 11.3 Å². The lowest BCUT2D eigenvalue weighted by Crippen LogP contribution is -2.39. The zero-order valence-electron chi connectivity index (χ0n) is 11.7. The van der Waals surface area contributed by atoms with Gasteiger partial charge in [0.05, 0.1) is 11.7 Å². The zero-order valence-corrected chi connectivity index (χ0v) is 11.7. The number of amides is 1. The Morgan fingerprint density at radius 1 is 1.15 bits per heavy atom. The summed E-state index contributed by atoms with van der Waals surface area (Å²) in [6.07, 6.45) is 1.76. The molecule has 2 aromatic rings. The van der Waals surface area contributed by atoms with Crippen LogP contribution in [0.5, 0.6) is 0 Å². The predicted molar refractivity (Wildman–Crippen MR) is 81.1 cm³/mol. The van der Waals surface area contributed by atoms with Crippen LogP contribution < -0.4 is 11.1 Å². The molecule has 1 atom stereocenters. The molecule has 20 heavy (non-hydrogen) atoms. The zero-order chi connectivity index (χ0) is 14.5. The molecule has 1 aromatic heterocycles. The van der Waals surface area contributed by atoms with Crippen LogP contribution in [0.1, 0.15) is 13.8 Å². The van der Waals surface area contributed by atoms with E-state index in [1.54, 1.807) is 6.20 Å². The lowest BCUT2D eigenvalue weighted by molar-refractivity contribution is -0.118. The first kappa shape index (κ1) is 14.2. The molecule has 2 rings (SSSR count). The van der Waals surface area contributed by atoms with Crippen LogP contribution in [0.2, 0.25) is 0 Å². The van der Waals surface area contributed by atoms with Crippen LogP contribution in [-0.4, -0.2) is 16.9 Å². The molecular formula is C16H19N3O. The molecule has 0 fully saturated rings. The molecule has 3 N–H and O–H groups in total. The molecule has 1 amide bonds. The Kier molecular flexibility index (Phi) is 4.48. The third kappa shape index (κ3) is 3.42. The number of nitrogens with one attached hydrogen (secondary N) is 1. The van der Waals surface area contributed by atoms with Crippen molar-refractivity contribution in [2.24, 2.45) is 11.7 Å². The van der Waals surface area contributed by atoms with Gasteiger partial charge in [-0.1, -0.05) is 32.0 Å². The molecule has 0 saturated carbocycles. The van der Waals surface area contributed by atoms with Crippen LogP contribution in [0, 0.1) is 5.92 Å². The Hall–Kier alpha value is -2.20. The first-order valence-corrected chi connectivity index (χ1v) is 6.66. The number of hydrogen-bond acceptors (Lipinski definition) is 3. The maximum atomic E-state index is 11.9. The number of hydrogen-bond donors (Lipinski definition) is 2. The minimum absolute atomic E-state index is 0.114. The van der Waals surface area contributed by atoms with Gasteiger partial charge in [0.2, 0.25) is 5.91 Å². The van der Waals surface area contributed by atoms with Crippen LogP contribution in [0.3, 0.4) is 0 Å². The number of anilines is 1. The van der Waals surface area contributed by atoms with Crippen molar-refractivity contribution < 1.29 is 4.79 Å². The second kappa shape index (κ2) is 6.30. The fourth-order valence-electron chi connectivity index (χ4n) is 1.79. The molecular weight excluding hydrogens is 250 g/mol. The molecule has 0 aliphatic rings. The van der Waals surface area contributed by atoms with Gasteiger partial charge in [0.15, 0.2) is 0 Å². The van der Waals surface area contributed by atoms with Crippen LogP contribution in [0.4, 0.5) is 5.69 Å². The maximum absolute atomic E-state index is 11.9. The molecule has 0 bridgehead atoms. The third-order valence-corrected chi connectivity index (χ3v) is 3.13. The fourth-order valence-corrected chi connectivity index (χ4v) is 1.79. The van der Waals surface area contributed by atoms with Crippen molar-refractivity contribution in [2.75, 3.05) is 5.32 Å². The second-order valence-corrected chi connectivity index (χ2v) is 5.05. The molecule has 1 heterocycles. The highest BCUT2D eigenvalue weighted by Crippen LogP contribution is 2.19. The molecule has 0 radical (unpaired) electrons. The number of carbonyl (C=O) groups excluding carboxylic acids is 1. The van der Waals surface area contributed by atoms with Gasteiger partial charge in [-0.05, 0) is 30.2 Å². The summed E-state index contributed by atoms with van der Waals surface area (Å²) < 4.78 is 0. The number of nitrogens with two attached hydrogens (primary N) is 1. The Bertz CT molecular complexity index is 564. The number of pyridine rings is 1. The van der Waals surface area contributed by atoms with Gasteiger partial charge >= 0.3 is 0 Å². The van der Waals surface area contributed by atoms with Gasteiger partial charge in [-0.3, -0.25) is 9.78 Å². The lowest BCUT2D eigenvalue weighted by atomic mass is 10.0. The minimum Gasteiger partial charge on any atom is -0.325 e. The summed E-state index contributed by atoms with van der Waals surface area (Å²) >= 11 is 0. The highest BCUT2D eigenvalue weighted by molar-refractivity contribution is 5.95. The summed E-state index contributed by atoms with van der Waals surface area (Å²) in [5, 5.41) is 2.82. The van der Waals surface area contributed by atoms with E-state index in [9.17, 15) is 4.79 Å². The maximum Gasteiger partial charge on any atom is 0.241 e. The molecule has 0 spiro atoms.